The molecule has 0 fully saturated rings. The van der Waals surface area contributed by atoms with E-state index in [-0.39, 0.29) is 0 Å². The van der Waals surface area contributed by atoms with Gasteiger partial charge in [-0.15, -0.1) is 0 Å². The number of carbonyl (C=O) groups is 1. The molecule has 47 valence electrons. The maximum atomic E-state index is 10.2. The van der Waals surface area contributed by atoms with Crippen LogP contribution in [0.2, 0.25) is 0 Å². The highest BCUT2D eigenvalue weighted by Gasteiger charge is 2.03. The van der Waals surface area contributed by atoms with Gasteiger partial charge in [-0.3, -0.25) is 0 Å². The summed E-state index contributed by atoms with van der Waals surface area (Å²) in [6, 6.07) is 0. The maximum absolute atomic E-state index is 10.2. The van der Waals surface area contributed by atoms with E-state index in [1.54, 1.807) is 12.7 Å². The molecule has 0 saturated carbocycles. The zero-order valence-electron chi connectivity index (χ0n) is 4.66. The highest BCUT2D eigenvalue weighted by molar-refractivity contribution is 5.90. The average molecular weight is 124 g/mol. The van der Waals surface area contributed by atoms with Crippen LogP contribution in [-0.2, 0) is 4.79 Å². The van der Waals surface area contributed by atoms with Gasteiger partial charge >= 0.3 is 5.97 Å². The van der Waals surface area contributed by atoms with Crippen molar-refractivity contribution in [2.24, 2.45) is 0 Å². The topological polar surface area (TPSA) is 49.3 Å². The summed E-state index contributed by atoms with van der Waals surface area (Å²) in [6.07, 6.45) is 4.58. The van der Waals surface area contributed by atoms with Crippen molar-refractivity contribution in [3.63, 3.8) is 0 Å². The molecule has 2 N–H and O–H groups in total. The molecule has 0 aromatic rings. The molecule has 0 saturated heterocycles. The lowest BCUT2D eigenvalue weighted by Gasteiger charge is -2.01. The highest BCUT2D eigenvalue weighted by atomic mass is 16.4. The second-order valence-electron chi connectivity index (χ2n) is 1.59. The number of aliphatic carboxylic acids is 1. The Kier molecular flexibility index (Phi) is 1.53. The molecular weight excluding hydrogens is 118 g/mol. The summed E-state index contributed by atoms with van der Waals surface area (Å²) in [4.78, 5) is 10.2. The fourth-order valence-corrected chi connectivity index (χ4v) is 0.529. The van der Waals surface area contributed by atoms with E-state index >= 15 is 0 Å². The SMILES string of the molecule is O=C(O)C1=C[CH]NC=C1. The largest absolute Gasteiger partial charge is 0.478 e. The zero-order valence-corrected chi connectivity index (χ0v) is 4.66. The Labute approximate surface area is 52.7 Å². The van der Waals surface area contributed by atoms with Crippen LogP contribution >= 0.6 is 0 Å². The Morgan fingerprint density at radius 2 is 2.44 bits per heavy atom. The first-order valence-electron chi connectivity index (χ1n) is 2.50. The van der Waals surface area contributed by atoms with Crippen molar-refractivity contribution in [2.75, 3.05) is 0 Å². The number of dihydropyridines is 1. The third kappa shape index (κ3) is 1.32. The fourth-order valence-electron chi connectivity index (χ4n) is 0.529. The normalized spacial score (nSPS) is 16.2. The molecule has 3 nitrogen and oxygen atoms in total. The molecular formula is C6H6NO2. The van der Waals surface area contributed by atoms with E-state index in [9.17, 15) is 4.79 Å². The van der Waals surface area contributed by atoms with E-state index in [1.807, 2.05) is 0 Å². The minimum Gasteiger partial charge on any atom is -0.478 e. The molecule has 0 unspecified atom stereocenters. The molecule has 1 heterocycles. The number of nitrogens with one attached hydrogen (secondary N) is 1. The summed E-state index contributed by atoms with van der Waals surface area (Å²) in [5, 5.41) is 11.1. The molecule has 1 aliphatic heterocycles. The van der Waals surface area contributed by atoms with Gasteiger partial charge < -0.3 is 10.4 Å². The third-order valence-corrected chi connectivity index (χ3v) is 0.965. The second-order valence-corrected chi connectivity index (χ2v) is 1.59. The molecule has 1 rings (SSSR count). The molecule has 0 bridgehead atoms. The van der Waals surface area contributed by atoms with E-state index in [1.165, 1.54) is 12.2 Å². The first kappa shape index (κ1) is 5.88. The van der Waals surface area contributed by atoms with Gasteiger partial charge in [-0.05, 0) is 18.4 Å². The molecule has 0 aromatic carbocycles. The Bertz CT molecular complexity index is 181. The summed E-state index contributed by atoms with van der Waals surface area (Å²) < 4.78 is 0. The molecule has 0 atom stereocenters. The molecule has 1 aliphatic rings. The van der Waals surface area contributed by atoms with Crippen molar-refractivity contribution in [1.82, 2.24) is 5.32 Å². The van der Waals surface area contributed by atoms with Gasteiger partial charge in [-0.25, -0.2) is 4.79 Å². The maximum Gasteiger partial charge on any atom is 0.335 e. The van der Waals surface area contributed by atoms with E-state index < -0.39 is 5.97 Å². The van der Waals surface area contributed by atoms with Crippen molar-refractivity contribution in [3.05, 3.63) is 30.5 Å². The van der Waals surface area contributed by atoms with E-state index in [2.05, 4.69) is 5.32 Å². The lowest BCUT2D eigenvalue weighted by atomic mass is 10.2. The van der Waals surface area contributed by atoms with Crippen LogP contribution in [0.25, 0.3) is 0 Å². The zero-order chi connectivity index (χ0) is 6.69. The molecule has 1 radical (unpaired) electrons. The van der Waals surface area contributed by atoms with Crippen LogP contribution in [0.5, 0.6) is 0 Å². The first-order valence-corrected chi connectivity index (χ1v) is 2.50. The Hall–Kier alpha value is -1.25. The van der Waals surface area contributed by atoms with Crippen LogP contribution in [0.3, 0.4) is 0 Å². The predicted octanol–water partition coefficient (Wildman–Crippen LogP) is 0.276. The van der Waals surface area contributed by atoms with Crippen LogP contribution in [0.15, 0.2) is 23.9 Å². The predicted molar refractivity (Wildman–Crippen MR) is 32.3 cm³/mol. The third-order valence-electron chi connectivity index (χ3n) is 0.965. The monoisotopic (exact) mass is 124 g/mol. The molecule has 0 amide bonds. The lowest BCUT2D eigenvalue weighted by molar-refractivity contribution is -0.132. The minimum atomic E-state index is -0.899. The summed E-state index contributed by atoms with van der Waals surface area (Å²) in [5.74, 6) is -0.899. The van der Waals surface area contributed by atoms with Gasteiger partial charge in [-0.1, -0.05) is 0 Å². The van der Waals surface area contributed by atoms with Crippen molar-refractivity contribution in [1.29, 1.82) is 0 Å². The molecule has 9 heavy (non-hydrogen) atoms. The van der Waals surface area contributed by atoms with Crippen LogP contribution in [0.4, 0.5) is 0 Å². The first-order chi connectivity index (χ1) is 4.30. The summed E-state index contributed by atoms with van der Waals surface area (Å²) in [7, 11) is 0. The molecule has 3 heteroatoms. The Balaban J connectivity index is 2.69. The van der Waals surface area contributed by atoms with Gasteiger partial charge in [-0.2, -0.15) is 0 Å². The van der Waals surface area contributed by atoms with Crippen molar-refractivity contribution < 1.29 is 9.90 Å². The standard InChI is InChI=1S/C6H6NO2/c8-6(9)5-1-3-7-4-2-5/h1-4,7H,(H,8,9). The second kappa shape index (κ2) is 2.35. The van der Waals surface area contributed by atoms with Crippen molar-refractivity contribution >= 4 is 5.97 Å². The van der Waals surface area contributed by atoms with Crippen LogP contribution < -0.4 is 5.32 Å². The van der Waals surface area contributed by atoms with Crippen molar-refractivity contribution in [2.45, 2.75) is 0 Å². The Morgan fingerprint density at radius 3 is 2.78 bits per heavy atom. The number of carboxylic acids is 1. The van der Waals surface area contributed by atoms with Gasteiger partial charge in [0.2, 0.25) is 0 Å². The average Bonchev–Trinajstić information content (AvgIpc) is 1.90. The Morgan fingerprint density at radius 1 is 1.67 bits per heavy atom. The van der Waals surface area contributed by atoms with E-state index in [4.69, 9.17) is 5.11 Å². The van der Waals surface area contributed by atoms with Gasteiger partial charge in [0.1, 0.15) is 0 Å². The minimum absolute atomic E-state index is 0.300. The molecule has 0 spiro atoms. The van der Waals surface area contributed by atoms with Gasteiger partial charge in [0.15, 0.2) is 0 Å². The quantitative estimate of drug-likeness (QED) is 0.527. The van der Waals surface area contributed by atoms with E-state index in [0.29, 0.717) is 5.57 Å². The molecule has 0 aromatic heterocycles. The number of hydrogen-bond acceptors (Lipinski definition) is 2. The van der Waals surface area contributed by atoms with Crippen LogP contribution in [-0.4, -0.2) is 11.1 Å². The number of rotatable bonds is 1. The lowest BCUT2D eigenvalue weighted by Crippen LogP contribution is -2.07. The highest BCUT2D eigenvalue weighted by Crippen LogP contribution is 2.00. The van der Waals surface area contributed by atoms with Crippen LogP contribution in [0.1, 0.15) is 0 Å². The summed E-state index contributed by atoms with van der Waals surface area (Å²) in [6.45, 7) is 1.57. The fraction of sp³-hybridized carbons (Fsp3) is 0. The van der Waals surface area contributed by atoms with E-state index in [0.717, 1.165) is 0 Å². The number of carboxylic acid groups (broad SMARTS) is 1. The van der Waals surface area contributed by atoms with Gasteiger partial charge in [0.05, 0.1) is 12.1 Å². The van der Waals surface area contributed by atoms with Gasteiger partial charge in [0.25, 0.3) is 0 Å². The molecule has 0 aliphatic carbocycles. The van der Waals surface area contributed by atoms with Crippen molar-refractivity contribution in [3.8, 4) is 0 Å². The summed E-state index contributed by atoms with van der Waals surface area (Å²) >= 11 is 0. The number of hydrogen-bond donors (Lipinski definition) is 2. The van der Waals surface area contributed by atoms with Crippen LogP contribution in [0, 0.1) is 6.54 Å². The summed E-state index contributed by atoms with van der Waals surface area (Å²) in [5.41, 5.74) is 0.300. The smallest absolute Gasteiger partial charge is 0.335 e. The van der Waals surface area contributed by atoms with Gasteiger partial charge in [0, 0.05) is 0 Å².